The van der Waals surface area contributed by atoms with Gasteiger partial charge in [0.15, 0.2) is 9.84 Å². The molecule has 98 valence electrons. The fourth-order valence-corrected chi connectivity index (χ4v) is 3.85. The number of rotatable bonds is 2. The van der Waals surface area contributed by atoms with Gasteiger partial charge in [-0.15, -0.1) is 0 Å². The van der Waals surface area contributed by atoms with Gasteiger partial charge in [-0.05, 0) is 19.1 Å². The maximum atomic E-state index is 11.6. The molecule has 1 saturated heterocycles. The van der Waals surface area contributed by atoms with Crippen molar-refractivity contribution in [1.82, 2.24) is 4.98 Å². The van der Waals surface area contributed by atoms with E-state index in [9.17, 15) is 8.42 Å². The molecular formula is C11H15N3O2S2. The minimum absolute atomic E-state index is 0.119. The normalized spacial score (nSPS) is 22.7. The zero-order chi connectivity index (χ0) is 13.3. The Kier molecular flexibility index (Phi) is 3.54. The summed E-state index contributed by atoms with van der Waals surface area (Å²) in [7, 11) is -2.94. The molecule has 0 aliphatic carbocycles. The van der Waals surface area contributed by atoms with Crippen molar-refractivity contribution >= 4 is 32.9 Å². The Hall–Kier alpha value is -1.21. The maximum Gasteiger partial charge on any atom is 0.154 e. The van der Waals surface area contributed by atoms with Crippen molar-refractivity contribution in [3.63, 3.8) is 0 Å². The zero-order valence-corrected chi connectivity index (χ0v) is 11.7. The summed E-state index contributed by atoms with van der Waals surface area (Å²) in [5, 5.41) is 0. The average molecular weight is 285 g/mol. The van der Waals surface area contributed by atoms with Crippen molar-refractivity contribution in [2.24, 2.45) is 5.73 Å². The number of thiocarbonyl (C=S) groups is 1. The van der Waals surface area contributed by atoms with E-state index in [-0.39, 0.29) is 22.5 Å². The van der Waals surface area contributed by atoms with E-state index < -0.39 is 9.84 Å². The molecule has 0 saturated carbocycles. The van der Waals surface area contributed by atoms with E-state index >= 15 is 0 Å². The van der Waals surface area contributed by atoms with E-state index in [4.69, 9.17) is 18.0 Å². The minimum atomic E-state index is -2.94. The Morgan fingerprint density at radius 1 is 1.61 bits per heavy atom. The summed E-state index contributed by atoms with van der Waals surface area (Å²) in [4.78, 5) is 6.52. The molecule has 1 unspecified atom stereocenters. The van der Waals surface area contributed by atoms with Crippen LogP contribution in [-0.4, -0.2) is 42.5 Å². The van der Waals surface area contributed by atoms with Crippen LogP contribution in [0.15, 0.2) is 18.3 Å². The number of nitrogens with two attached hydrogens (primary N) is 1. The van der Waals surface area contributed by atoms with Crippen LogP contribution in [0.5, 0.6) is 0 Å². The quantitative estimate of drug-likeness (QED) is 0.790. The van der Waals surface area contributed by atoms with E-state index in [0.717, 1.165) is 0 Å². The van der Waals surface area contributed by atoms with Crippen molar-refractivity contribution in [3.05, 3.63) is 23.9 Å². The van der Waals surface area contributed by atoms with E-state index in [1.54, 1.807) is 18.3 Å². The van der Waals surface area contributed by atoms with Crippen LogP contribution in [0, 0.1) is 0 Å². The fraction of sp³-hybridized carbons (Fsp3) is 0.455. The number of anilines is 1. The lowest BCUT2D eigenvalue weighted by Crippen LogP contribution is -2.48. The van der Waals surface area contributed by atoms with Gasteiger partial charge in [-0.25, -0.2) is 13.4 Å². The fourth-order valence-electron chi connectivity index (χ4n) is 2.13. The number of aromatic nitrogens is 1. The van der Waals surface area contributed by atoms with E-state index in [2.05, 4.69) is 4.98 Å². The highest BCUT2D eigenvalue weighted by Gasteiger charge is 2.30. The third-order valence-corrected chi connectivity index (χ3v) is 5.01. The first-order chi connectivity index (χ1) is 8.41. The van der Waals surface area contributed by atoms with Crippen LogP contribution in [-0.2, 0) is 9.84 Å². The monoisotopic (exact) mass is 285 g/mol. The summed E-state index contributed by atoms with van der Waals surface area (Å²) in [6, 6.07) is 3.45. The Bertz CT molecular complexity index is 571. The van der Waals surface area contributed by atoms with Gasteiger partial charge in [0.25, 0.3) is 0 Å². The molecule has 1 aliphatic rings. The molecule has 1 aromatic rings. The first-order valence-electron chi connectivity index (χ1n) is 5.62. The molecule has 7 heteroatoms. The Labute approximate surface area is 112 Å². The Balaban J connectivity index is 2.36. The van der Waals surface area contributed by atoms with Gasteiger partial charge in [0.1, 0.15) is 10.8 Å². The predicted octanol–water partition coefficient (Wildman–Crippen LogP) is 0.339. The van der Waals surface area contributed by atoms with Crippen molar-refractivity contribution in [2.75, 3.05) is 23.0 Å². The summed E-state index contributed by atoms with van der Waals surface area (Å²) >= 11 is 5.00. The molecule has 0 radical (unpaired) electrons. The van der Waals surface area contributed by atoms with E-state index in [1.807, 2.05) is 11.8 Å². The standard InChI is InChI=1S/C11H15N3O2S2/c1-8-7-18(15,16)6-5-14(8)11-9(10(12)17)3-2-4-13-11/h2-4,8H,5-7H2,1H3,(H2,12,17). The molecule has 1 atom stereocenters. The highest BCUT2D eigenvalue weighted by Crippen LogP contribution is 2.23. The second-order valence-corrected chi connectivity index (χ2v) is 7.06. The molecule has 0 amide bonds. The molecule has 0 bridgehead atoms. The van der Waals surface area contributed by atoms with Crippen molar-refractivity contribution in [1.29, 1.82) is 0 Å². The molecule has 18 heavy (non-hydrogen) atoms. The number of nitrogens with zero attached hydrogens (tertiary/aromatic N) is 2. The van der Waals surface area contributed by atoms with Crippen molar-refractivity contribution in [3.8, 4) is 0 Å². The van der Waals surface area contributed by atoms with Crippen LogP contribution in [0.25, 0.3) is 0 Å². The summed E-state index contributed by atoms with van der Waals surface area (Å²) < 4.78 is 23.1. The topological polar surface area (TPSA) is 76.3 Å². The highest BCUT2D eigenvalue weighted by atomic mass is 32.2. The smallest absolute Gasteiger partial charge is 0.154 e. The zero-order valence-electron chi connectivity index (χ0n) is 10.0. The lowest BCUT2D eigenvalue weighted by Gasteiger charge is -2.35. The van der Waals surface area contributed by atoms with Gasteiger partial charge in [-0.3, -0.25) is 0 Å². The first-order valence-corrected chi connectivity index (χ1v) is 7.85. The predicted molar refractivity (Wildman–Crippen MR) is 75.6 cm³/mol. The number of hydrogen-bond acceptors (Lipinski definition) is 5. The lowest BCUT2D eigenvalue weighted by atomic mass is 10.2. The van der Waals surface area contributed by atoms with E-state index in [0.29, 0.717) is 17.9 Å². The Morgan fingerprint density at radius 3 is 2.94 bits per heavy atom. The van der Waals surface area contributed by atoms with Gasteiger partial charge in [0.2, 0.25) is 0 Å². The first kappa shape index (κ1) is 13.2. The SMILES string of the molecule is CC1CS(=O)(=O)CCN1c1ncccc1C(N)=S. The highest BCUT2D eigenvalue weighted by molar-refractivity contribution is 7.91. The van der Waals surface area contributed by atoms with Gasteiger partial charge in [0, 0.05) is 18.8 Å². The summed E-state index contributed by atoms with van der Waals surface area (Å²) in [5.41, 5.74) is 6.36. The van der Waals surface area contributed by atoms with E-state index in [1.165, 1.54) is 0 Å². The third-order valence-electron chi connectivity index (χ3n) is 2.99. The number of hydrogen-bond donors (Lipinski definition) is 1. The van der Waals surface area contributed by atoms with Gasteiger partial charge in [0.05, 0.1) is 17.1 Å². The lowest BCUT2D eigenvalue weighted by molar-refractivity contribution is 0.567. The Morgan fingerprint density at radius 2 is 2.33 bits per heavy atom. The number of pyridine rings is 1. The maximum absolute atomic E-state index is 11.6. The second-order valence-electron chi connectivity index (χ2n) is 4.40. The van der Waals surface area contributed by atoms with Gasteiger partial charge >= 0.3 is 0 Å². The molecule has 2 rings (SSSR count). The summed E-state index contributed by atoms with van der Waals surface area (Å²) in [5.74, 6) is 0.956. The van der Waals surface area contributed by atoms with Crippen molar-refractivity contribution in [2.45, 2.75) is 13.0 Å². The number of sulfone groups is 1. The molecule has 1 fully saturated rings. The molecule has 2 heterocycles. The van der Waals surface area contributed by atoms with Crippen LogP contribution < -0.4 is 10.6 Å². The molecule has 0 aromatic carbocycles. The molecule has 0 spiro atoms. The van der Waals surface area contributed by atoms with Gasteiger partial charge < -0.3 is 10.6 Å². The third kappa shape index (κ3) is 2.62. The van der Waals surface area contributed by atoms with Crippen LogP contribution in [0.1, 0.15) is 12.5 Å². The second kappa shape index (κ2) is 4.81. The largest absolute Gasteiger partial charge is 0.389 e. The van der Waals surface area contributed by atoms with Crippen LogP contribution >= 0.6 is 12.2 Å². The van der Waals surface area contributed by atoms with Crippen LogP contribution in [0.2, 0.25) is 0 Å². The molecule has 5 nitrogen and oxygen atoms in total. The minimum Gasteiger partial charge on any atom is -0.389 e. The molecular weight excluding hydrogens is 270 g/mol. The van der Waals surface area contributed by atoms with Crippen molar-refractivity contribution < 1.29 is 8.42 Å². The van der Waals surface area contributed by atoms with Gasteiger partial charge in [-0.1, -0.05) is 12.2 Å². The van der Waals surface area contributed by atoms with Crippen LogP contribution in [0.3, 0.4) is 0 Å². The molecule has 1 aliphatic heterocycles. The average Bonchev–Trinajstić information content (AvgIpc) is 2.28. The van der Waals surface area contributed by atoms with Crippen LogP contribution in [0.4, 0.5) is 5.82 Å². The molecule has 2 N–H and O–H groups in total. The van der Waals surface area contributed by atoms with Gasteiger partial charge in [-0.2, -0.15) is 0 Å². The summed E-state index contributed by atoms with van der Waals surface area (Å²) in [6.45, 7) is 2.30. The molecule has 1 aromatic heterocycles. The summed E-state index contributed by atoms with van der Waals surface area (Å²) in [6.07, 6.45) is 1.66.